The number of nitrogens with zero attached hydrogens (tertiary/aromatic N) is 2. The molecule has 0 saturated carbocycles. The fourth-order valence-corrected chi connectivity index (χ4v) is 2.67. The monoisotopic (exact) mass is 371 g/mol. The van der Waals surface area contributed by atoms with Gasteiger partial charge in [0.1, 0.15) is 5.69 Å². The molecule has 1 aromatic carbocycles. The van der Waals surface area contributed by atoms with Crippen molar-refractivity contribution in [3.63, 3.8) is 0 Å². The molecule has 0 bridgehead atoms. The number of carbonyl (C=O) groups is 1. The zero-order chi connectivity index (χ0) is 19.6. The molecule has 0 fully saturated rings. The number of terminal acetylenes is 1. The van der Waals surface area contributed by atoms with Gasteiger partial charge in [-0.1, -0.05) is 19.1 Å². The first-order chi connectivity index (χ1) is 13.1. The van der Waals surface area contributed by atoms with E-state index in [1.54, 1.807) is 31.3 Å². The van der Waals surface area contributed by atoms with Gasteiger partial charge in [0.25, 0.3) is 5.91 Å². The molecule has 2 rings (SSSR count). The molecule has 6 heteroatoms. The van der Waals surface area contributed by atoms with Gasteiger partial charge in [-0.25, -0.2) is 4.39 Å². The lowest BCUT2D eigenvalue weighted by molar-refractivity contribution is 0.0941. The zero-order valence-electron chi connectivity index (χ0n) is 15.9. The van der Waals surface area contributed by atoms with Crippen molar-refractivity contribution < 1.29 is 13.9 Å². The second-order valence-electron chi connectivity index (χ2n) is 6.27. The third-order valence-electron chi connectivity index (χ3n) is 4.23. The lowest BCUT2D eigenvalue weighted by Gasteiger charge is -2.11. The van der Waals surface area contributed by atoms with Crippen LogP contribution in [0.5, 0.6) is 5.75 Å². The highest BCUT2D eigenvalue weighted by molar-refractivity contribution is 5.92. The number of aromatic nitrogens is 2. The van der Waals surface area contributed by atoms with Crippen LogP contribution < -0.4 is 10.1 Å². The Balaban J connectivity index is 1.90. The Labute approximate surface area is 159 Å². The van der Waals surface area contributed by atoms with E-state index in [2.05, 4.69) is 16.3 Å². The van der Waals surface area contributed by atoms with Crippen LogP contribution >= 0.6 is 0 Å². The van der Waals surface area contributed by atoms with Crippen molar-refractivity contribution in [3.8, 4) is 18.1 Å². The largest absolute Gasteiger partial charge is 0.491 e. The highest BCUT2D eigenvalue weighted by atomic mass is 19.1. The number of amides is 1. The number of hydrogen-bond donors (Lipinski definition) is 1. The van der Waals surface area contributed by atoms with Gasteiger partial charge in [0, 0.05) is 25.6 Å². The second kappa shape index (κ2) is 10.4. The molecule has 1 amide bonds. The maximum absolute atomic E-state index is 14.6. The van der Waals surface area contributed by atoms with E-state index < -0.39 is 5.82 Å². The third kappa shape index (κ3) is 5.85. The normalized spacial score (nSPS) is 10.4. The Bertz CT molecular complexity index is 808. The lowest BCUT2D eigenvalue weighted by atomic mass is 10.2. The highest BCUT2D eigenvalue weighted by Gasteiger charge is 2.14. The molecule has 144 valence electrons. The second-order valence-corrected chi connectivity index (χ2v) is 6.27. The number of nitrogens with one attached hydrogen (secondary N) is 1. The summed E-state index contributed by atoms with van der Waals surface area (Å²) in [4.78, 5) is 12.3. The number of rotatable bonds is 10. The lowest BCUT2D eigenvalue weighted by Crippen LogP contribution is -2.25. The van der Waals surface area contributed by atoms with Crippen molar-refractivity contribution in [1.29, 1.82) is 0 Å². The van der Waals surface area contributed by atoms with Gasteiger partial charge in [-0.3, -0.25) is 9.48 Å². The topological polar surface area (TPSA) is 56.1 Å². The van der Waals surface area contributed by atoms with E-state index in [0.29, 0.717) is 17.9 Å². The van der Waals surface area contributed by atoms with Gasteiger partial charge < -0.3 is 10.1 Å². The fourth-order valence-electron chi connectivity index (χ4n) is 2.67. The minimum absolute atomic E-state index is 0.0800. The molecule has 1 N–H and O–H groups in total. The number of carbonyl (C=O) groups excluding carboxylic acids is 1. The van der Waals surface area contributed by atoms with Gasteiger partial charge in [-0.15, -0.1) is 12.3 Å². The Kier molecular flexibility index (Phi) is 7.87. The van der Waals surface area contributed by atoms with E-state index in [1.165, 1.54) is 4.68 Å². The van der Waals surface area contributed by atoms with Gasteiger partial charge in [-0.2, -0.15) is 5.10 Å². The van der Waals surface area contributed by atoms with Crippen LogP contribution in [0.25, 0.3) is 0 Å². The summed E-state index contributed by atoms with van der Waals surface area (Å²) in [6.45, 7) is 2.49. The van der Waals surface area contributed by atoms with Crippen LogP contribution in [0.4, 0.5) is 4.39 Å². The van der Waals surface area contributed by atoms with Crippen molar-refractivity contribution in [2.24, 2.45) is 7.05 Å². The van der Waals surface area contributed by atoms with E-state index in [9.17, 15) is 9.18 Å². The van der Waals surface area contributed by atoms with Crippen LogP contribution in [0.2, 0.25) is 0 Å². The molecule has 2 aromatic rings. The summed E-state index contributed by atoms with van der Waals surface area (Å²) >= 11 is 0. The van der Waals surface area contributed by atoms with E-state index in [4.69, 9.17) is 11.2 Å². The van der Waals surface area contributed by atoms with Crippen molar-refractivity contribution in [2.45, 2.75) is 45.6 Å². The van der Waals surface area contributed by atoms with Crippen LogP contribution in [0.3, 0.4) is 0 Å². The minimum atomic E-state index is -0.444. The zero-order valence-corrected chi connectivity index (χ0v) is 15.9. The van der Waals surface area contributed by atoms with Crippen molar-refractivity contribution in [1.82, 2.24) is 15.1 Å². The predicted octanol–water partition coefficient (Wildman–Crippen LogP) is 3.62. The maximum atomic E-state index is 14.6. The summed E-state index contributed by atoms with van der Waals surface area (Å²) in [6, 6.07) is 6.69. The van der Waals surface area contributed by atoms with Gasteiger partial charge in [0.05, 0.1) is 12.3 Å². The summed E-state index contributed by atoms with van der Waals surface area (Å²) in [5.74, 6) is 2.06. The first-order valence-corrected chi connectivity index (χ1v) is 9.21. The van der Waals surface area contributed by atoms with Crippen molar-refractivity contribution in [3.05, 3.63) is 47.0 Å². The molecule has 0 aliphatic heterocycles. The van der Waals surface area contributed by atoms with Crippen LogP contribution in [0.1, 0.15) is 54.4 Å². The molecule has 0 aliphatic carbocycles. The Morgan fingerprint density at radius 3 is 2.89 bits per heavy atom. The van der Waals surface area contributed by atoms with Gasteiger partial charge >= 0.3 is 0 Å². The quantitative estimate of drug-likeness (QED) is 0.513. The molecular weight excluding hydrogens is 345 g/mol. The minimum Gasteiger partial charge on any atom is -0.491 e. The van der Waals surface area contributed by atoms with Gasteiger partial charge in [0.15, 0.2) is 11.6 Å². The Morgan fingerprint density at radius 1 is 1.37 bits per heavy atom. The predicted molar refractivity (Wildman–Crippen MR) is 103 cm³/mol. The summed E-state index contributed by atoms with van der Waals surface area (Å²) in [6.07, 6.45) is 9.43. The summed E-state index contributed by atoms with van der Waals surface area (Å²) in [7, 11) is 1.71. The molecule has 0 radical (unpaired) electrons. The van der Waals surface area contributed by atoms with E-state index in [0.717, 1.165) is 37.8 Å². The van der Waals surface area contributed by atoms with E-state index >= 15 is 0 Å². The number of unbranched alkanes of at least 4 members (excludes halogenated alkanes) is 3. The molecule has 0 aliphatic rings. The SMILES string of the molecule is C#CCCCCCOc1cccc(CNC(=O)c2cc(CC)nn2C)c1F. The molecule has 0 saturated heterocycles. The summed E-state index contributed by atoms with van der Waals surface area (Å²) in [5.41, 5.74) is 1.67. The average molecular weight is 371 g/mol. The molecule has 0 atom stereocenters. The molecule has 1 aromatic heterocycles. The highest BCUT2D eigenvalue weighted by Crippen LogP contribution is 2.21. The molecule has 1 heterocycles. The maximum Gasteiger partial charge on any atom is 0.269 e. The standard InChI is InChI=1S/C21H26FN3O2/c1-4-6-7-8-9-13-27-19-12-10-11-16(20(19)22)15-23-21(26)18-14-17(5-2)24-25(18)3/h1,10-12,14H,5-9,13,15H2,2-3H3,(H,23,26). The molecule has 27 heavy (non-hydrogen) atoms. The molecular formula is C21H26FN3O2. The van der Waals surface area contributed by atoms with Crippen molar-refractivity contribution in [2.75, 3.05) is 6.61 Å². The number of aryl methyl sites for hydroxylation is 2. The first kappa shape index (κ1) is 20.5. The summed E-state index contributed by atoms with van der Waals surface area (Å²) < 4.78 is 21.6. The van der Waals surface area contributed by atoms with Crippen molar-refractivity contribution >= 4 is 5.91 Å². The number of ether oxygens (including phenoxy) is 1. The number of hydrogen-bond acceptors (Lipinski definition) is 3. The number of halogens is 1. The third-order valence-corrected chi connectivity index (χ3v) is 4.23. The fraction of sp³-hybridized carbons (Fsp3) is 0.429. The Hall–Kier alpha value is -2.81. The summed E-state index contributed by atoms with van der Waals surface area (Å²) in [5, 5.41) is 6.99. The first-order valence-electron chi connectivity index (χ1n) is 9.21. The van der Waals surface area contributed by atoms with E-state index in [-0.39, 0.29) is 18.2 Å². The average Bonchev–Trinajstić information content (AvgIpc) is 3.05. The Morgan fingerprint density at radius 2 is 2.19 bits per heavy atom. The van der Waals surface area contributed by atoms with Gasteiger partial charge in [-0.05, 0) is 37.8 Å². The van der Waals surface area contributed by atoms with Crippen LogP contribution in [-0.2, 0) is 20.0 Å². The number of benzene rings is 1. The van der Waals surface area contributed by atoms with E-state index in [1.807, 2.05) is 6.92 Å². The van der Waals surface area contributed by atoms with Crippen LogP contribution in [0, 0.1) is 18.2 Å². The molecule has 0 spiro atoms. The van der Waals surface area contributed by atoms with Gasteiger partial charge in [0.2, 0.25) is 0 Å². The molecule has 0 unspecified atom stereocenters. The van der Waals surface area contributed by atoms with Crippen LogP contribution in [0.15, 0.2) is 24.3 Å². The van der Waals surface area contributed by atoms with Crippen LogP contribution in [-0.4, -0.2) is 22.3 Å². The smallest absolute Gasteiger partial charge is 0.269 e. The molecule has 5 nitrogen and oxygen atoms in total.